The zero-order valence-corrected chi connectivity index (χ0v) is 32.2. The number of hydrogen-bond acceptors (Lipinski definition) is 2. The first-order valence-electron chi connectivity index (χ1n) is 20.3. The van der Waals surface area contributed by atoms with Crippen LogP contribution in [0.3, 0.4) is 0 Å². The summed E-state index contributed by atoms with van der Waals surface area (Å²) in [4.78, 5) is 2.42. The highest BCUT2D eigenvalue weighted by atomic mass is 16.5. The predicted molar refractivity (Wildman–Crippen MR) is 244 cm³/mol. The van der Waals surface area contributed by atoms with E-state index in [1.54, 1.807) is 0 Å². The van der Waals surface area contributed by atoms with Crippen molar-refractivity contribution in [1.82, 2.24) is 0 Å². The van der Waals surface area contributed by atoms with Crippen molar-refractivity contribution in [2.75, 3.05) is 4.90 Å². The molecular weight excluding hydrogens is 715 g/mol. The molecule has 0 saturated carbocycles. The molecule has 2 nitrogen and oxygen atoms in total. The van der Waals surface area contributed by atoms with Gasteiger partial charge in [-0.1, -0.05) is 176 Å². The third-order valence-electron chi connectivity index (χ3n) is 12.5. The lowest BCUT2D eigenvalue weighted by molar-refractivity contribution is 0.488. The summed E-state index contributed by atoms with van der Waals surface area (Å²) in [5.41, 5.74) is 19.8. The molecular formula is C57H37NO. The lowest BCUT2D eigenvalue weighted by Crippen LogP contribution is -2.29. The molecule has 0 radical (unpaired) electrons. The summed E-state index contributed by atoms with van der Waals surface area (Å²) < 4.78 is 6.59. The molecule has 0 aromatic heterocycles. The number of hydrogen-bond donors (Lipinski definition) is 0. The zero-order chi connectivity index (χ0) is 38.9. The van der Waals surface area contributed by atoms with E-state index in [4.69, 9.17) is 4.74 Å². The number of benzene rings is 9. The van der Waals surface area contributed by atoms with Crippen LogP contribution in [-0.4, -0.2) is 0 Å². The Hall–Kier alpha value is -7.68. The van der Waals surface area contributed by atoms with E-state index < -0.39 is 5.41 Å². The summed E-state index contributed by atoms with van der Waals surface area (Å²) in [5.74, 6) is 1.72. The summed E-state index contributed by atoms with van der Waals surface area (Å²) >= 11 is 0. The van der Waals surface area contributed by atoms with Crippen molar-refractivity contribution in [2.24, 2.45) is 0 Å². The molecule has 59 heavy (non-hydrogen) atoms. The van der Waals surface area contributed by atoms with E-state index in [0.29, 0.717) is 0 Å². The molecule has 1 heterocycles. The molecule has 1 spiro atoms. The standard InChI is InChI=1S/C57H37NO/c1-2-14-38(15-3-1)39-28-30-42(31-29-39)58(43-32-34-45-47-19-7-12-24-55(47)59-56-25-13-8-20-48(56)49(45)36-43)44-33-35-54-50(37-44)46-18-6-11-23-53(46)57(54)51-21-9-4-16-40(51)26-27-41-17-5-10-22-52(41)57/h1-37H. The first-order valence-corrected chi connectivity index (χ1v) is 20.3. The Labute approximate surface area is 344 Å². The summed E-state index contributed by atoms with van der Waals surface area (Å²) in [6.07, 6.45) is 4.58. The molecule has 9 aromatic carbocycles. The fraction of sp³-hybridized carbons (Fsp3) is 0.0175. The molecule has 0 atom stereocenters. The average Bonchev–Trinajstić information content (AvgIpc) is 3.40. The predicted octanol–water partition coefficient (Wildman–Crippen LogP) is 15.1. The Bertz CT molecular complexity index is 3090. The average molecular weight is 752 g/mol. The van der Waals surface area contributed by atoms with Crippen molar-refractivity contribution in [1.29, 1.82) is 0 Å². The van der Waals surface area contributed by atoms with Gasteiger partial charge in [0.2, 0.25) is 0 Å². The Balaban J connectivity index is 1.10. The number of nitrogens with zero attached hydrogens (tertiary/aromatic N) is 1. The Morgan fingerprint density at radius 1 is 0.305 bits per heavy atom. The van der Waals surface area contributed by atoms with Gasteiger partial charge in [0.1, 0.15) is 11.5 Å². The van der Waals surface area contributed by atoms with Gasteiger partial charge in [0.15, 0.2) is 0 Å². The number of rotatable bonds is 4. The molecule has 0 fully saturated rings. The van der Waals surface area contributed by atoms with Gasteiger partial charge in [-0.25, -0.2) is 0 Å². The molecule has 0 saturated heterocycles. The van der Waals surface area contributed by atoms with E-state index in [9.17, 15) is 0 Å². The van der Waals surface area contributed by atoms with Gasteiger partial charge in [0.05, 0.1) is 5.41 Å². The summed E-state index contributed by atoms with van der Waals surface area (Å²) in [5, 5.41) is 0. The second kappa shape index (κ2) is 13.2. The number of anilines is 3. The third-order valence-corrected chi connectivity index (χ3v) is 12.5. The van der Waals surface area contributed by atoms with Crippen molar-refractivity contribution in [3.05, 3.63) is 246 Å². The van der Waals surface area contributed by atoms with Gasteiger partial charge in [-0.2, -0.15) is 0 Å². The maximum atomic E-state index is 6.59. The molecule has 2 aliphatic carbocycles. The zero-order valence-electron chi connectivity index (χ0n) is 32.2. The first kappa shape index (κ1) is 33.5. The molecule has 1 aliphatic heterocycles. The maximum absolute atomic E-state index is 6.59. The lowest BCUT2D eigenvalue weighted by atomic mass is 9.66. The van der Waals surface area contributed by atoms with Crippen LogP contribution >= 0.6 is 0 Å². The minimum atomic E-state index is -0.482. The summed E-state index contributed by atoms with van der Waals surface area (Å²) in [6, 6.07) is 77.3. The second-order valence-corrected chi connectivity index (χ2v) is 15.6. The van der Waals surface area contributed by atoms with Crippen molar-refractivity contribution >= 4 is 29.2 Å². The molecule has 0 bridgehead atoms. The van der Waals surface area contributed by atoms with E-state index in [0.717, 1.165) is 50.8 Å². The molecule has 12 rings (SSSR count). The van der Waals surface area contributed by atoms with Crippen LogP contribution in [0, 0.1) is 0 Å². The van der Waals surface area contributed by atoms with Crippen LogP contribution in [0.15, 0.2) is 212 Å². The topological polar surface area (TPSA) is 12.5 Å². The van der Waals surface area contributed by atoms with Crippen LogP contribution in [0.25, 0.3) is 56.7 Å². The Kier molecular flexibility index (Phi) is 7.48. The van der Waals surface area contributed by atoms with Crippen LogP contribution < -0.4 is 9.64 Å². The van der Waals surface area contributed by atoms with Crippen LogP contribution in [0.4, 0.5) is 17.1 Å². The molecule has 3 aliphatic rings. The first-order chi connectivity index (χ1) is 29.3. The molecule has 9 aromatic rings. The van der Waals surface area contributed by atoms with Gasteiger partial charge in [0, 0.05) is 28.2 Å². The van der Waals surface area contributed by atoms with Gasteiger partial charge in [-0.3, -0.25) is 0 Å². The third kappa shape index (κ3) is 5.06. The molecule has 0 unspecified atom stereocenters. The van der Waals surface area contributed by atoms with E-state index in [1.807, 2.05) is 12.1 Å². The van der Waals surface area contributed by atoms with Crippen molar-refractivity contribution < 1.29 is 4.74 Å². The number of para-hydroxylation sites is 2. The minimum Gasteiger partial charge on any atom is -0.456 e. The summed E-state index contributed by atoms with van der Waals surface area (Å²) in [7, 11) is 0. The smallest absolute Gasteiger partial charge is 0.135 e. The molecule has 0 N–H and O–H groups in total. The Morgan fingerprint density at radius 3 is 1.46 bits per heavy atom. The van der Waals surface area contributed by atoms with Crippen molar-refractivity contribution in [2.45, 2.75) is 5.41 Å². The van der Waals surface area contributed by atoms with Crippen LogP contribution in [0.1, 0.15) is 33.4 Å². The van der Waals surface area contributed by atoms with E-state index in [-0.39, 0.29) is 0 Å². The lowest BCUT2D eigenvalue weighted by Gasteiger charge is -2.35. The SMILES string of the molecule is C1=Cc2ccccc2C2(c3ccccc31)c1ccccc1-c1cc(N(c3ccc(-c4ccccc4)cc3)c3ccc4c(c3)-c3ccccc3Oc3ccccc3-4)ccc12. The molecule has 276 valence electrons. The van der Waals surface area contributed by atoms with Crippen LogP contribution in [-0.2, 0) is 5.41 Å². The van der Waals surface area contributed by atoms with Gasteiger partial charge >= 0.3 is 0 Å². The van der Waals surface area contributed by atoms with E-state index >= 15 is 0 Å². The van der Waals surface area contributed by atoms with Gasteiger partial charge in [0.25, 0.3) is 0 Å². The van der Waals surface area contributed by atoms with Crippen molar-refractivity contribution in [3.8, 4) is 56.0 Å². The number of fused-ring (bicyclic) bond motifs is 14. The largest absolute Gasteiger partial charge is 0.456 e. The molecule has 0 amide bonds. The van der Waals surface area contributed by atoms with Gasteiger partial charge < -0.3 is 9.64 Å². The summed E-state index contributed by atoms with van der Waals surface area (Å²) in [6.45, 7) is 0. The Morgan fingerprint density at radius 2 is 0.780 bits per heavy atom. The second-order valence-electron chi connectivity index (χ2n) is 15.6. The highest BCUT2D eigenvalue weighted by Crippen LogP contribution is 2.59. The minimum absolute atomic E-state index is 0.482. The van der Waals surface area contributed by atoms with E-state index in [2.05, 4.69) is 217 Å². The normalized spacial score (nSPS) is 13.3. The number of ether oxygens (including phenoxy) is 1. The van der Waals surface area contributed by atoms with Crippen LogP contribution in [0.2, 0.25) is 0 Å². The van der Waals surface area contributed by atoms with E-state index in [1.165, 1.54) is 55.6 Å². The fourth-order valence-corrected chi connectivity index (χ4v) is 9.97. The molecule has 2 heteroatoms. The maximum Gasteiger partial charge on any atom is 0.135 e. The van der Waals surface area contributed by atoms with Gasteiger partial charge in [-0.05, 0) is 115 Å². The van der Waals surface area contributed by atoms with Gasteiger partial charge in [-0.15, -0.1) is 0 Å². The quantitative estimate of drug-likeness (QED) is 0.178. The van der Waals surface area contributed by atoms with Crippen molar-refractivity contribution in [3.63, 3.8) is 0 Å². The monoisotopic (exact) mass is 751 g/mol. The highest BCUT2D eigenvalue weighted by molar-refractivity contribution is 5.96. The fourth-order valence-electron chi connectivity index (χ4n) is 9.97. The van der Waals surface area contributed by atoms with Crippen LogP contribution in [0.5, 0.6) is 11.5 Å². The highest BCUT2D eigenvalue weighted by Gasteiger charge is 2.48.